The fraction of sp³-hybridized carbons (Fsp3) is 0.304. The maximum Gasteiger partial charge on any atom is 0.358 e. The van der Waals surface area contributed by atoms with Gasteiger partial charge in [-0.25, -0.2) is 4.79 Å². The van der Waals surface area contributed by atoms with E-state index in [4.69, 9.17) is 9.26 Å². The molecule has 3 rings (SSSR count). The van der Waals surface area contributed by atoms with E-state index in [1.807, 2.05) is 26.0 Å². The van der Waals surface area contributed by atoms with Crippen LogP contribution in [0.3, 0.4) is 0 Å². The van der Waals surface area contributed by atoms with E-state index in [0.717, 1.165) is 12.1 Å². The van der Waals surface area contributed by atoms with Gasteiger partial charge in [0, 0.05) is 26.3 Å². The Kier molecular flexibility index (Phi) is 6.94. The topological polar surface area (TPSA) is 125 Å². The molecule has 2 aromatic carbocycles. The fourth-order valence-corrected chi connectivity index (χ4v) is 3.32. The molecule has 1 aromatic heterocycles. The van der Waals surface area contributed by atoms with Gasteiger partial charge >= 0.3 is 5.97 Å². The molecule has 164 valence electrons. The summed E-state index contributed by atoms with van der Waals surface area (Å²) >= 11 is 0. The minimum Gasteiger partial charge on any atom is -0.508 e. The first kappa shape index (κ1) is 22.3. The normalized spacial score (nSPS) is 11.2. The largest absolute Gasteiger partial charge is 0.508 e. The number of carboxylic acid groups (broad SMARTS) is 1. The third-order valence-electron chi connectivity index (χ3n) is 4.96. The first-order valence-electron chi connectivity index (χ1n) is 9.91. The number of aromatic hydroxyl groups is 2. The Bertz CT molecular complexity index is 1060. The number of methoxy groups -OCH3 is 1. The Labute approximate surface area is 180 Å². The highest BCUT2D eigenvalue weighted by Gasteiger charge is 2.26. The van der Waals surface area contributed by atoms with Gasteiger partial charge in [-0.05, 0) is 28.7 Å². The van der Waals surface area contributed by atoms with Gasteiger partial charge in [0.2, 0.25) is 0 Å². The molecule has 0 amide bonds. The fourth-order valence-electron chi connectivity index (χ4n) is 3.32. The molecule has 1 heterocycles. The lowest BCUT2D eigenvalue weighted by Gasteiger charge is -2.12. The van der Waals surface area contributed by atoms with Crippen LogP contribution in [0.2, 0.25) is 0 Å². The summed E-state index contributed by atoms with van der Waals surface area (Å²) in [5, 5.41) is 37.2. The highest BCUT2D eigenvalue weighted by molar-refractivity contribution is 5.99. The van der Waals surface area contributed by atoms with Gasteiger partial charge in [-0.2, -0.15) is 0 Å². The second-order valence-corrected chi connectivity index (χ2v) is 7.49. The van der Waals surface area contributed by atoms with Crippen molar-refractivity contribution in [2.75, 3.05) is 20.3 Å². The van der Waals surface area contributed by atoms with Crippen LogP contribution >= 0.6 is 0 Å². The molecule has 0 saturated carbocycles. The number of phenols is 2. The molecule has 8 nitrogen and oxygen atoms in total. The molecule has 0 radical (unpaired) electrons. The standard InChI is InChI=1S/C23H26N2O6/c1-13(2)16-10-17(19(27)11-18(16)26)22-20(21(23(28)29)25-31-22)15-6-4-14(5-7-15)12-24-8-9-30-3/h4-7,10-11,13,24,26-27H,8-9,12H2,1-3H3,(H,28,29). The summed E-state index contributed by atoms with van der Waals surface area (Å²) in [5.74, 6) is -1.40. The summed E-state index contributed by atoms with van der Waals surface area (Å²) in [5.41, 5.74) is 2.49. The van der Waals surface area contributed by atoms with Gasteiger partial charge in [0.15, 0.2) is 11.5 Å². The van der Waals surface area contributed by atoms with Crippen molar-refractivity contribution in [2.45, 2.75) is 26.3 Å². The van der Waals surface area contributed by atoms with Crippen molar-refractivity contribution in [3.05, 3.63) is 53.2 Å². The Hall–Kier alpha value is -3.36. The number of carbonyl (C=O) groups is 1. The molecule has 31 heavy (non-hydrogen) atoms. The molecule has 0 unspecified atom stereocenters. The van der Waals surface area contributed by atoms with E-state index in [9.17, 15) is 20.1 Å². The lowest BCUT2D eigenvalue weighted by Crippen LogP contribution is -2.18. The van der Waals surface area contributed by atoms with Crippen LogP contribution in [-0.4, -0.2) is 46.7 Å². The van der Waals surface area contributed by atoms with Crippen LogP contribution in [0.15, 0.2) is 40.9 Å². The zero-order valence-electron chi connectivity index (χ0n) is 17.7. The van der Waals surface area contributed by atoms with Gasteiger partial charge in [-0.1, -0.05) is 43.3 Å². The molecular weight excluding hydrogens is 400 g/mol. The quantitative estimate of drug-likeness (QED) is 0.379. The van der Waals surface area contributed by atoms with Crippen molar-refractivity contribution in [3.8, 4) is 33.9 Å². The van der Waals surface area contributed by atoms with Crippen LogP contribution < -0.4 is 5.32 Å². The van der Waals surface area contributed by atoms with Crippen molar-refractivity contribution < 1.29 is 29.4 Å². The number of rotatable bonds is 9. The molecule has 0 aliphatic carbocycles. The Balaban J connectivity index is 2.03. The molecule has 3 aromatic rings. The Morgan fingerprint density at radius 2 is 1.87 bits per heavy atom. The molecule has 4 N–H and O–H groups in total. The van der Waals surface area contributed by atoms with E-state index >= 15 is 0 Å². The highest BCUT2D eigenvalue weighted by atomic mass is 16.5. The van der Waals surface area contributed by atoms with Crippen molar-refractivity contribution in [2.24, 2.45) is 0 Å². The molecule has 0 fully saturated rings. The number of ether oxygens (including phenoxy) is 1. The lowest BCUT2D eigenvalue weighted by molar-refractivity contribution is 0.0686. The van der Waals surface area contributed by atoms with Crippen molar-refractivity contribution in [1.29, 1.82) is 0 Å². The van der Waals surface area contributed by atoms with Crippen LogP contribution in [-0.2, 0) is 11.3 Å². The van der Waals surface area contributed by atoms with Crippen molar-refractivity contribution in [1.82, 2.24) is 10.5 Å². The summed E-state index contributed by atoms with van der Waals surface area (Å²) in [6.45, 7) is 5.77. The van der Waals surface area contributed by atoms with Gasteiger partial charge in [0.05, 0.1) is 17.7 Å². The summed E-state index contributed by atoms with van der Waals surface area (Å²) in [7, 11) is 1.64. The Morgan fingerprint density at radius 1 is 1.16 bits per heavy atom. The average molecular weight is 426 g/mol. The summed E-state index contributed by atoms with van der Waals surface area (Å²) in [4.78, 5) is 11.8. The third-order valence-corrected chi connectivity index (χ3v) is 4.96. The van der Waals surface area contributed by atoms with E-state index in [0.29, 0.717) is 24.3 Å². The number of hydrogen-bond acceptors (Lipinski definition) is 7. The smallest absolute Gasteiger partial charge is 0.358 e. The van der Waals surface area contributed by atoms with Crippen LogP contribution in [0.5, 0.6) is 11.5 Å². The predicted octanol–water partition coefficient (Wildman–Crippen LogP) is 3.98. The van der Waals surface area contributed by atoms with Crippen molar-refractivity contribution in [3.63, 3.8) is 0 Å². The first-order valence-corrected chi connectivity index (χ1v) is 9.91. The summed E-state index contributed by atoms with van der Waals surface area (Å²) < 4.78 is 10.4. The van der Waals surface area contributed by atoms with Gasteiger partial charge in [-0.15, -0.1) is 0 Å². The van der Waals surface area contributed by atoms with Gasteiger partial charge < -0.3 is 29.9 Å². The van der Waals surface area contributed by atoms with E-state index < -0.39 is 5.97 Å². The number of hydrogen-bond donors (Lipinski definition) is 4. The molecular formula is C23H26N2O6. The number of nitrogens with zero attached hydrogens (tertiary/aromatic N) is 1. The average Bonchev–Trinajstić information content (AvgIpc) is 3.16. The van der Waals surface area contributed by atoms with E-state index in [-0.39, 0.29) is 40.0 Å². The number of benzene rings is 2. The molecule has 0 aliphatic rings. The van der Waals surface area contributed by atoms with Crippen LogP contribution in [0.25, 0.3) is 22.5 Å². The molecule has 0 spiro atoms. The van der Waals surface area contributed by atoms with E-state index in [1.165, 1.54) is 6.07 Å². The van der Waals surface area contributed by atoms with Gasteiger partial charge in [0.1, 0.15) is 11.5 Å². The van der Waals surface area contributed by atoms with Crippen LogP contribution in [0, 0.1) is 0 Å². The molecule has 0 aliphatic heterocycles. The molecule has 0 saturated heterocycles. The van der Waals surface area contributed by atoms with E-state index in [2.05, 4.69) is 10.5 Å². The van der Waals surface area contributed by atoms with Crippen LogP contribution in [0.4, 0.5) is 0 Å². The SMILES string of the molecule is COCCNCc1ccc(-c2c(C(=O)O)noc2-c2cc(C(C)C)c(O)cc2O)cc1. The number of aromatic carboxylic acids is 1. The van der Waals surface area contributed by atoms with Crippen LogP contribution in [0.1, 0.15) is 41.4 Å². The monoisotopic (exact) mass is 426 g/mol. The summed E-state index contributed by atoms with van der Waals surface area (Å²) in [6.07, 6.45) is 0. The number of phenolic OH excluding ortho intramolecular Hbond substituents is 2. The zero-order chi connectivity index (χ0) is 22.5. The maximum absolute atomic E-state index is 11.8. The zero-order valence-corrected chi connectivity index (χ0v) is 17.7. The minimum atomic E-state index is -1.24. The van der Waals surface area contributed by atoms with Gasteiger partial charge in [0.25, 0.3) is 0 Å². The molecule has 0 bridgehead atoms. The first-order chi connectivity index (χ1) is 14.8. The third kappa shape index (κ3) is 4.87. The lowest BCUT2D eigenvalue weighted by atomic mass is 9.94. The van der Waals surface area contributed by atoms with Crippen molar-refractivity contribution >= 4 is 5.97 Å². The molecule has 8 heteroatoms. The van der Waals surface area contributed by atoms with E-state index in [1.54, 1.807) is 25.3 Å². The number of nitrogens with one attached hydrogen (secondary N) is 1. The second kappa shape index (κ2) is 9.63. The number of aromatic nitrogens is 1. The highest BCUT2D eigenvalue weighted by Crippen LogP contribution is 2.43. The maximum atomic E-state index is 11.8. The second-order valence-electron chi connectivity index (χ2n) is 7.49. The van der Waals surface area contributed by atoms with Gasteiger partial charge in [-0.3, -0.25) is 0 Å². The number of carboxylic acids is 1. The molecule has 0 atom stereocenters. The Morgan fingerprint density at radius 3 is 2.48 bits per heavy atom. The minimum absolute atomic E-state index is 0.0189. The predicted molar refractivity (Wildman–Crippen MR) is 115 cm³/mol. The summed E-state index contributed by atoms with van der Waals surface area (Å²) in [6, 6.07) is 10.2.